The Kier molecular flexibility index (Phi) is 6.26. The fourth-order valence-corrected chi connectivity index (χ4v) is 4.15. The fourth-order valence-electron chi connectivity index (χ4n) is 4.15. The molecule has 2 fully saturated rings. The number of alkyl halides is 3. The number of hydrogen-bond acceptors (Lipinski definition) is 5. The number of rotatable bonds is 5. The van der Waals surface area contributed by atoms with Gasteiger partial charge in [0.1, 0.15) is 11.8 Å². The SMILES string of the molecule is O=C([C@@H](c1ccccc1)N1C(=O)CCC1=O)N1CCN(c2cccc(OC(F)(F)F)c2)CC1. The highest BCUT2D eigenvalue weighted by Gasteiger charge is 2.41. The quantitative estimate of drug-likeness (QED) is 0.640. The molecule has 0 unspecified atom stereocenters. The Bertz CT molecular complexity index is 1020. The van der Waals surface area contributed by atoms with Crippen LogP contribution in [0.4, 0.5) is 18.9 Å². The molecule has 0 bridgehead atoms. The van der Waals surface area contributed by atoms with Gasteiger partial charge in [0.2, 0.25) is 11.8 Å². The van der Waals surface area contributed by atoms with Crippen LogP contribution in [0.25, 0.3) is 0 Å². The van der Waals surface area contributed by atoms with E-state index in [0.29, 0.717) is 37.4 Å². The summed E-state index contributed by atoms with van der Waals surface area (Å²) >= 11 is 0. The summed E-state index contributed by atoms with van der Waals surface area (Å²) in [5.74, 6) is -1.41. The normalized spacial score (nSPS) is 18.0. The van der Waals surface area contributed by atoms with E-state index >= 15 is 0 Å². The van der Waals surface area contributed by atoms with Gasteiger partial charge in [-0.1, -0.05) is 36.4 Å². The predicted octanol–water partition coefficient (Wildman–Crippen LogP) is 3.12. The molecule has 0 spiro atoms. The zero-order valence-electron chi connectivity index (χ0n) is 17.6. The highest BCUT2D eigenvalue weighted by Crippen LogP contribution is 2.31. The number of carbonyl (C=O) groups excluding carboxylic acids is 3. The van der Waals surface area contributed by atoms with Gasteiger partial charge in [-0.05, 0) is 17.7 Å². The summed E-state index contributed by atoms with van der Waals surface area (Å²) in [6.07, 6.45) is -4.61. The molecule has 174 valence electrons. The van der Waals surface area contributed by atoms with E-state index in [1.165, 1.54) is 18.2 Å². The molecule has 0 N–H and O–H groups in total. The van der Waals surface area contributed by atoms with Crippen LogP contribution >= 0.6 is 0 Å². The number of likely N-dealkylation sites (tertiary alicyclic amines) is 1. The number of piperazine rings is 1. The maximum absolute atomic E-state index is 13.4. The zero-order chi connectivity index (χ0) is 23.6. The maximum atomic E-state index is 13.4. The third-order valence-corrected chi connectivity index (χ3v) is 5.71. The molecule has 2 aromatic carbocycles. The molecule has 7 nitrogen and oxygen atoms in total. The minimum Gasteiger partial charge on any atom is -0.406 e. The monoisotopic (exact) mass is 461 g/mol. The molecule has 3 amide bonds. The van der Waals surface area contributed by atoms with Gasteiger partial charge < -0.3 is 14.5 Å². The minimum absolute atomic E-state index is 0.0829. The van der Waals surface area contributed by atoms with Gasteiger partial charge in [-0.2, -0.15) is 0 Å². The molecule has 2 aliphatic heterocycles. The lowest BCUT2D eigenvalue weighted by Gasteiger charge is -2.39. The third kappa shape index (κ3) is 5.10. The fraction of sp³-hybridized carbons (Fsp3) is 0.348. The predicted molar refractivity (Wildman–Crippen MR) is 112 cm³/mol. The van der Waals surface area contributed by atoms with Crippen molar-refractivity contribution in [2.45, 2.75) is 25.2 Å². The first-order valence-corrected chi connectivity index (χ1v) is 10.5. The summed E-state index contributed by atoms with van der Waals surface area (Å²) in [4.78, 5) is 42.7. The van der Waals surface area contributed by atoms with E-state index in [1.54, 1.807) is 41.3 Å². The maximum Gasteiger partial charge on any atom is 0.573 e. The van der Waals surface area contributed by atoms with Crippen LogP contribution in [0.5, 0.6) is 5.75 Å². The molecular formula is C23H22F3N3O4. The molecule has 10 heteroatoms. The number of anilines is 1. The summed E-state index contributed by atoms with van der Waals surface area (Å²) in [7, 11) is 0. The van der Waals surface area contributed by atoms with Gasteiger partial charge in [0, 0.05) is 50.8 Å². The molecule has 33 heavy (non-hydrogen) atoms. The van der Waals surface area contributed by atoms with Crippen molar-refractivity contribution in [1.82, 2.24) is 9.80 Å². The first-order chi connectivity index (χ1) is 15.7. The number of amides is 3. The van der Waals surface area contributed by atoms with E-state index in [2.05, 4.69) is 4.74 Å². The molecule has 0 saturated carbocycles. The van der Waals surface area contributed by atoms with Gasteiger partial charge in [-0.15, -0.1) is 13.2 Å². The van der Waals surface area contributed by atoms with Gasteiger partial charge in [0.05, 0.1) is 0 Å². The average molecular weight is 461 g/mol. The Balaban J connectivity index is 1.48. The Morgan fingerprint density at radius 3 is 2.12 bits per heavy atom. The van der Waals surface area contributed by atoms with Crippen LogP contribution in [0.2, 0.25) is 0 Å². The topological polar surface area (TPSA) is 70.2 Å². The van der Waals surface area contributed by atoms with Crippen molar-refractivity contribution < 1.29 is 32.3 Å². The van der Waals surface area contributed by atoms with Crippen LogP contribution in [-0.2, 0) is 14.4 Å². The number of ether oxygens (including phenoxy) is 1. The van der Waals surface area contributed by atoms with Crippen LogP contribution in [0, 0.1) is 0 Å². The van der Waals surface area contributed by atoms with E-state index in [4.69, 9.17) is 0 Å². The molecular weight excluding hydrogens is 439 g/mol. The van der Waals surface area contributed by atoms with Crippen molar-refractivity contribution >= 4 is 23.4 Å². The lowest BCUT2D eigenvalue weighted by molar-refractivity contribution is -0.274. The third-order valence-electron chi connectivity index (χ3n) is 5.71. The molecule has 0 radical (unpaired) electrons. The van der Waals surface area contributed by atoms with Crippen molar-refractivity contribution in [3.05, 3.63) is 60.2 Å². The van der Waals surface area contributed by atoms with Gasteiger partial charge in [0.15, 0.2) is 0 Å². The van der Waals surface area contributed by atoms with Crippen LogP contribution in [-0.4, -0.2) is 60.1 Å². The van der Waals surface area contributed by atoms with Crippen molar-refractivity contribution in [2.24, 2.45) is 0 Å². The summed E-state index contributed by atoms with van der Waals surface area (Å²) in [6.45, 7) is 1.35. The van der Waals surface area contributed by atoms with Gasteiger partial charge >= 0.3 is 6.36 Å². The van der Waals surface area contributed by atoms with E-state index in [1.807, 2.05) is 4.90 Å². The van der Waals surface area contributed by atoms with Gasteiger partial charge in [-0.3, -0.25) is 19.3 Å². The Labute approximate surface area is 188 Å². The molecule has 4 rings (SSSR count). The second kappa shape index (κ2) is 9.13. The smallest absolute Gasteiger partial charge is 0.406 e. The van der Waals surface area contributed by atoms with Crippen molar-refractivity contribution in [1.29, 1.82) is 0 Å². The average Bonchev–Trinajstić information content (AvgIpc) is 3.12. The van der Waals surface area contributed by atoms with E-state index in [-0.39, 0.29) is 36.3 Å². The van der Waals surface area contributed by atoms with E-state index in [9.17, 15) is 27.6 Å². The number of benzene rings is 2. The van der Waals surface area contributed by atoms with Gasteiger partial charge in [-0.25, -0.2) is 0 Å². The number of hydrogen-bond donors (Lipinski definition) is 0. The number of halogens is 3. The molecule has 1 atom stereocenters. The van der Waals surface area contributed by atoms with Crippen LogP contribution < -0.4 is 9.64 Å². The summed E-state index contributed by atoms with van der Waals surface area (Å²) in [5, 5.41) is 0. The number of imide groups is 1. The summed E-state index contributed by atoms with van der Waals surface area (Å²) < 4.78 is 41.6. The Morgan fingerprint density at radius 2 is 1.52 bits per heavy atom. The number of carbonyl (C=O) groups is 3. The lowest BCUT2D eigenvalue weighted by atomic mass is 10.0. The Hall–Kier alpha value is -3.56. The second-order valence-corrected chi connectivity index (χ2v) is 7.83. The highest BCUT2D eigenvalue weighted by atomic mass is 19.4. The first kappa shape index (κ1) is 22.6. The summed E-state index contributed by atoms with van der Waals surface area (Å²) in [5.41, 5.74) is 1.11. The summed E-state index contributed by atoms with van der Waals surface area (Å²) in [6, 6.07) is 13.4. The molecule has 0 aliphatic carbocycles. The van der Waals surface area contributed by atoms with Gasteiger partial charge in [0.25, 0.3) is 5.91 Å². The first-order valence-electron chi connectivity index (χ1n) is 10.5. The molecule has 0 aromatic heterocycles. The van der Waals surface area contributed by atoms with Crippen molar-refractivity contribution in [3.8, 4) is 5.75 Å². The Morgan fingerprint density at radius 1 is 0.879 bits per heavy atom. The lowest BCUT2D eigenvalue weighted by Crippen LogP contribution is -2.53. The largest absolute Gasteiger partial charge is 0.573 e. The molecule has 2 saturated heterocycles. The van der Waals surface area contributed by atoms with Crippen LogP contribution in [0.3, 0.4) is 0 Å². The van der Waals surface area contributed by atoms with E-state index < -0.39 is 12.4 Å². The molecule has 2 aromatic rings. The van der Waals surface area contributed by atoms with Crippen LogP contribution in [0.1, 0.15) is 24.4 Å². The molecule has 2 heterocycles. The van der Waals surface area contributed by atoms with Crippen molar-refractivity contribution in [3.63, 3.8) is 0 Å². The van der Waals surface area contributed by atoms with Crippen LogP contribution in [0.15, 0.2) is 54.6 Å². The number of nitrogens with zero attached hydrogens (tertiary/aromatic N) is 3. The molecule has 2 aliphatic rings. The second-order valence-electron chi connectivity index (χ2n) is 7.83. The van der Waals surface area contributed by atoms with E-state index in [0.717, 1.165) is 4.90 Å². The highest BCUT2D eigenvalue weighted by molar-refractivity contribution is 6.05. The van der Waals surface area contributed by atoms with Crippen molar-refractivity contribution in [2.75, 3.05) is 31.1 Å². The zero-order valence-corrected chi connectivity index (χ0v) is 17.6. The minimum atomic E-state index is -4.78. The standard InChI is InChI=1S/C23H22F3N3O4/c24-23(25,26)33-18-8-4-7-17(15-18)27-11-13-28(14-12-27)22(32)21(16-5-2-1-3-6-16)29-19(30)9-10-20(29)31/h1-8,15,21H,9-14H2/t21-/m1/s1.